The normalized spacial score (nSPS) is 32.1. The summed E-state index contributed by atoms with van der Waals surface area (Å²) < 4.78 is 51.5. The first-order valence-corrected chi connectivity index (χ1v) is 5.98. The van der Waals surface area contributed by atoms with Crippen molar-refractivity contribution in [1.29, 1.82) is 0 Å². The van der Waals surface area contributed by atoms with Crippen LogP contribution in [0.2, 0.25) is 0 Å². The highest BCUT2D eigenvalue weighted by atomic mass is 19.4. The van der Waals surface area contributed by atoms with Gasteiger partial charge in [0.1, 0.15) is 5.67 Å². The molecule has 1 rings (SSSR count). The molecule has 1 aliphatic rings. The maximum atomic E-state index is 14.2. The number of alkyl halides is 4. The molecule has 0 atom stereocenters. The minimum absolute atomic E-state index is 0.0241. The van der Waals surface area contributed by atoms with Crippen LogP contribution in [-0.4, -0.2) is 11.8 Å². The van der Waals surface area contributed by atoms with Gasteiger partial charge in [0.25, 0.3) is 0 Å². The lowest BCUT2D eigenvalue weighted by Gasteiger charge is -2.33. The first-order chi connectivity index (χ1) is 7.52. The molecular formula is C13H20F4. The van der Waals surface area contributed by atoms with E-state index in [1.165, 1.54) is 6.08 Å². The average Bonchev–Trinajstić information content (AvgIpc) is 2.13. The van der Waals surface area contributed by atoms with Crippen LogP contribution in [-0.2, 0) is 0 Å². The average molecular weight is 252 g/mol. The Morgan fingerprint density at radius 2 is 1.53 bits per heavy atom. The van der Waals surface area contributed by atoms with Crippen molar-refractivity contribution in [2.45, 2.75) is 58.3 Å². The number of allylic oxidation sites excluding steroid dienone is 2. The van der Waals surface area contributed by atoms with Crippen molar-refractivity contribution in [2.75, 3.05) is 0 Å². The van der Waals surface area contributed by atoms with Crippen LogP contribution in [0.5, 0.6) is 0 Å². The van der Waals surface area contributed by atoms with Crippen LogP contribution in [0.1, 0.15) is 46.5 Å². The molecule has 1 saturated carbocycles. The summed E-state index contributed by atoms with van der Waals surface area (Å²) in [6, 6.07) is 0. The number of hydrogen-bond donors (Lipinski definition) is 0. The zero-order chi connectivity index (χ0) is 13.3. The second-order valence-electron chi connectivity index (χ2n) is 6.05. The third kappa shape index (κ3) is 4.68. The summed E-state index contributed by atoms with van der Waals surface area (Å²) >= 11 is 0. The van der Waals surface area contributed by atoms with Crippen molar-refractivity contribution in [3.8, 4) is 0 Å². The zero-order valence-corrected chi connectivity index (χ0v) is 10.6. The number of rotatable bonds is 1. The highest BCUT2D eigenvalue weighted by Gasteiger charge is 2.45. The number of hydrogen-bond acceptors (Lipinski definition) is 0. The quantitative estimate of drug-likeness (QED) is 0.452. The standard InChI is InChI=1S/C13H20F4/c1-11(2,3)8-9-12(14)6-4-10(5-7-12)13(15,16)17/h8-10H,4-7H2,1-3H3/b9-8+. The summed E-state index contributed by atoms with van der Waals surface area (Å²) in [5.74, 6) is -1.32. The van der Waals surface area contributed by atoms with Crippen LogP contribution >= 0.6 is 0 Å². The highest BCUT2D eigenvalue weighted by Crippen LogP contribution is 2.43. The molecule has 0 unspecified atom stereocenters. The topological polar surface area (TPSA) is 0 Å². The van der Waals surface area contributed by atoms with E-state index in [0.717, 1.165) is 0 Å². The Hall–Kier alpha value is -0.540. The molecule has 0 radical (unpaired) electrons. The molecule has 17 heavy (non-hydrogen) atoms. The van der Waals surface area contributed by atoms with Gasteiger partial charge < -0.3 is 0 Å². The van der Waals surface area contributed by atoms with Crippen LogP contribution in [0.25, 0.3) is 0 Å². The monoisotopic (exact) mass is 252 g/mol. The van der Waals surface area contributed by atoms with E-state index in [-0.39, 0.29) is 31.1 Å². The van der Waals surface area contributed by atoms with Gasteiger partial charge in [-0.25, -0.2) is 4.39 Å². The van der Waals surface area contributed by atoms with Crippen LogP contribution < -0.4 is 0 Å². The van der Waals surface area contributed by atoms with Crippen molar-refractivity contribution in [2.24, 2.45) is 11.3 Å². The summed E-state index contributed by atoms with van der Waals surface area (Å²) in [5.41, 5.74) is -1.69. The largest absolute Gasteiger partial charge is 0.391 e. The molecule has 1 fully saturated rings. The number of halogens is 4. The van der Waals surface area contributed by atoms with Gasteiger partial charge in [-0.3, -0.25) is 0 Å². The Morgan fingerprint density at radius 1 is 1.06 bits per heavy atom. The van der Waals surface area contributed by atoms with Crippen LogP contribution in [0.15, 0.2) is 12.2 Å². The molecule has 4 heteroatoms. The van der Waals surface area contributed by atoms with E-state index in [2.05, 4.69) is 0 Å². The second-order valence-corrected chi connectivity index (χ2v) is 6.05. The highest BCUT2D eigenvalue weighted by molar-refractivity contribution is 5.07. The van der Waals surface area contributed by atoms with Crippen LogP contribution in [0, 0.1) is 11.3 Å². The third-order valence-corrected chi connectivity index (χ3v) is 3.16. The lowest BCUT2D eigenvalue weighted by molar-refractivity contribution is -0.186. The summed E-state index contributed by atoms with van der Waals surface area (Å²) in [4.78, 5) is 0. The zero-order valence-electron chi connectivity index (χ0n) is 10.6. The fraction of sp³-hybridized carbons (Fsp3) is 0.846. The van der Waals surface area contributed by atoms with Crippen molar-refractivity contribution in [3.63, 3.8) is 0 Å². The van der Waals surface area contributed by atoms with Crippen LogP contribution in [0.4, 0.5) is 17.6 Å². The molecule has 0 amide bonds. The van der Waals surface area contributed by atoms with E-state index in [1.807, 2.05) is 20.8 Å². The van der Waals surface area contributed by atoms with E-state index in [4.69, 9.17) is 0 Å². The smallest absolute Gasteiger partial charge is 0.239 e. The molecule has 0 saturated heterocycles. The molecule has 0 spiro atoms. The fourth-order valence-electron chi connectivity index (χ4n) is 1.99. The minimum Gasteiger partial charge on any atom is -0.239 e. The Balaban J connectivity index is 2.59. The van der Waals surface area contributed by atoms with E-state index in [9.17, 15) is 17.6 Å². The van der Waals surface area contributed by atoms with Gasteiger partial charge >= 0.3 is 6.18 Å². The predicted molar refractivity (Wildman–Crippen MR) is 60.4 cm³/mol. The maximum absolute atomic E-state index is 14.2. The summed E-state index contributed by atoms with van der Waals surface area (Å²) in [6.45, 7) is 5.82. The summed E-state index contributed by atoms with van der Waals surface area (Å²) in [6.07, 6.45) is -1.22. The molecule has 0 aromatic heterocycles. The molecule has 1 aliphatic carbocycles. The van der Waals surface area contributed by atoms with Gasteiger partial charge in [-0.15, -0.1) is 0 Å². The van der Waals surface area contributed by atoms with E-state index in [0.29, 0.717) is 0 Å². The van der Waals surface area contributed by atoms with E-state index < -0.39 is 17.8 Å². The predicted octanol–water partition coefficient (Wildman–Crippen LogP) is 5.05. The maximum Gasteiger partial charge on any atom is 0.391 e. The van der Waals surface area contributed by atoms with Gasteiger partial charge in [0.15, 0.2) is 0 Å². The van der Waals surface area contributed by atoms with Crippen molar-refractivity contribution in [1.82, 2.24) is 0 Å². The molecule has 0 heterocycles. The second kappa shape index (κ2) is 4.62. The Labute approximate surface area is 100 Å². The molecule has 0 bridgehead atoms. The lowest BCUT2D eigenvalue weighted by Crippen LogP contribution is -2.34. The Bertz CT molecular complexity index is 275. The molecule has 0 N–H and O–H groups in total. The lowest BCUT2D eigenvalue weighted by atomic mass is 9.78. The fourth-order valence-corrected chi connectivity index (χ4v) is 1.99. The molecule has 100 valence electrons. The summed E-state index contributed by atoms with van der Waals surface area (Å²) in [7, 11) is 0. The van der Waals surface area contributed by atoms with Crippen molar-refractivity contribution < 1.29 is 17.6 Å². The first kappa shape index (κ1) is 14.5. The van der Waals surface area contributed by atoms with Gasteiger partial charge in [-0.1, -0.05) is 32.9 Å². The van der Waals surface area contributed by atoms with Gasteiger partial charge in [0.05, 0.1) is 5.92 Å². The Morgan fingerprint density at radius 3 is 1.88 bits per heavy atom. The van der Waals surface area contributed by atoms with Crippen LogP contribution in [0.3, 0.4) is 0 Å². The SMILES string of the molecule is CC(C)(C)/C=C/C1(F)CCC(C(F)(F)F)CC1. The van der Waals surface area contributed by atoms with Crippen molar-refractivity contribution >= 4 is 0 Å². The van der Waals surface area contributed by atoms with Gasteiger partial charge in [0, 0.05) is 0 Å². The summed E-state index contributed by atoms with van der Waals surface area (Å²) in [5, 5.41) is 0. The molecule has 0 aromatic rings. The Kier molecular flexibility index (Phi) is 3.94. The molecule has 0 nitrogen and oxygen atoms in total. The molecule has 0 aromatic carbocycles. The van der Waals surface area contributed by atoms with Gasteiger partial charge in [-0.05, 0) is 31.1 Å². The molecule has 0 aliphatic heterocycles. The van der Waals surface area contributed by atoms with E-state index in [1.54, 1.807) is 6.08 Å². The minimum atomic E-state index is -4.17. The van der Waals surface area contributed by atoms with Gasteiger partial charge in [0.2, 0.25) is 0 Å². The van der Waals surface area contributed by atoms with Gasteiger partial charge in [-0.2, -0.15) is 13.2 Å². The molecular weight excluding hydrogens is 232 g/mol. The van der Waals surface area contributed by atoms with Crippen molar-refractivity contribution in [3.05, 3.63) is 12.2 Å². The first-order valence-electron chi connectivity index (χ1n) is 5.98. The third-order valence-electron chi connectivity index (χ3n) is 3.16. The van der Waals surface area contributed by atoms with E-state index >= 15 is 0 Å².